The van der Waals surface area contributed by atoms with E-state index >= 15 is 0 Å². The van der Waals surface area contributed by atoms with Crippen LogP contribution < -0.4 is 15.4 Å². The van der Waals surface area contributed by atoms with E-state index < -0.39 is 6.04 Å². The van der Waals surface area contributed by atoms with Gasteiger partial charge in [-0.2, -0.15) is 0 Å². The Labute approximate surface area is 145 Å². The maximum atomic E-state index is 12.8. The summed E-state index contributed by atoms with van der Waals surface area (Å²) in [6, 6.07) is 8.19. The molecule has 8 heteroatoms. The summed E-state index contributed by atoms with van der Waals surface area (Å²) in [6.45, 7) is 2.77. The van der Waals surface area contributed by atoms with Crippen LogP contribution >= 0.6 is 0 Å². The summed E-state index contributed by atoms with van der Waals surface area (Å²) in [5.41, 5.74) is 1.78. The molecule has 1 aromatic heterocycles. The molecule has 25 heavy (non-hydrogen) atoms. The van der Waals surface area contributed by atoms with Gasteiger partial charge in [0.25, 0.3) is 0 Å². The lowest BCUT2D eigenvalue weighted by Crippen LogP contribution is -2.53. The standard InChI is InChI=1S/C17H21N5O3/c1-11-6-4-5-7-12(11)15-16(23)18-8-9-22(15)17(24)19-13-10-14(25-3)20-21(13)2/h4-7,10,15H,8-9H2,1-3H3,(H,18,23)(H,19,24). The lowest BCUT2D eigenvalue weighted by atomic mass is 9.98. The fraction of sp³-hybridized carbons (Fsp3) is 0.353. The number of hydrogen-bond acceptors (Lipinski definition) is 4. The first kappa shape index (κ1) is 16.8. The maximum Gasteiger partial charge on any atom is 0.324 e. The Morgan fingerprint density at radius 3 is 2.84 bits per heavy atom. The molecular formula is C17H21N5O3. The van der Waals surface area contributed by atoms with E-state index in [-0.39, 0.29) is 11.9 Å². The van der Waals surface area contributed by atoms with Crippen molar-refractivity contribution in [2.75, 3.05) is 25.5 Å². The SMILES string of the molecule is COc1cc(NC(=O)N2CCNC(=O)C2c2ccccc2C)n(C)n1. The number of nitrogens with zero attached hydrogens (tertiary/aromatic N) is 3. The van der Waals surface area contributed by atoms with Crippen molar-refractivity contribution in [2.24, 2.45) is 7.05 Å². The molecule has 0 radical (unpaired) electrons. The molecule has 2 aromatic rings. The zero-order valence-electron chi connectivity index (χ0n) is 14.4. The minimum Gasteiger partial charge on any atom is -0.480 e. The highest BCUT2D eigenvalue weighted by Crippen LogP contribution is 2.27. The summed E-state index contributed by atoms with van der Waals surface area (Å²) in [5.74, 6) is 0.722. The number of piperazine rings is 1. The molecule has 1 unspecified atom stereocenters. The number of benzene rings is 1. The predicted molar refractivity (Wildman–Crippen MR) is 92.4 cm³/mol. The van der Waals surface area contributed by atoms with Crippen molar-refractivity contribution in [3.05, 3.63) is 41.5 Å². The van der Waals surface area contributed by atoms with Crippen molar-refractivity contribution in [2.45, 2.75) is 13.0 Å². The minimum absolute atomic E-state index is 0.182. The Morgan fingerprint density at radius 2 is 2.16 bits per heavy atom. The second kappa shape index (κ2) is 6.84. The molecule has 1 aliphatic rings. The van der Waals surface area contributed by atoms with Gasteiger partial charge in [-0.15, -0.1) is 5.10 Å². The number of hydrogen-bond donors (Lipinski definition) is 2. The number of ether oxygens (including phenoxy) is 1. The number of nitrogens with one attached hydrogen (secondary N) is 2. The maximum absolute atomic E-state index is 12.8. The number of rotatable bonds is 3. The van der Waals surface area contributed by atoms with Crippen LogP contribution in [0.2, 0.25) is 0 Å². The number of urea groups is 1. The summed E-state index contributed by atoms with van der Waals surface area (Å²) in [4.78, 5) is 26.8. The topological polar surface area (TPSA) is 88.5 Å². The van der Waals surface area contributed by atoms with Crippen molar-refractivity contribution in [3.63, 3.8) is 0 Å². The number of anilines is 1. The van der Waals surface area contributed by atoms with Crippen molar-refractivity contribution in [1.29, 1.82) is 0 Å². The second-order valence-corrected chi connectivity index (χ2v) is 5.87. The lowest BCUT2D eigenvalue weighted by molar-refractivity contribution is -0.127. The normalized spacial score (nSPS) is 17.2. The quantitative estimate of drug-likeness (QED) is 0.883. The molecule has 0 spiro atoms. The van der Waals surface area contributed by atoms with E-state index in [1.54, 1.807) is 18.0 Å². The average molecular weight is 343 g/mol. The van der Waals surface area contributed by atoms with Gasteiger partial charge in [-0.05, 0) is 18.1 Å². The molecule has 1 atom stereocenters. The van der Waals surface area contributed by atoms with Gasteiger partial charge in [0.15, 0.2) is 0 Å². The Morgan fingerprint density at radius 1 is 1.40 bits per heavy atom. The van der Waals surface area contributed by atoms with Gasteiger partial charge in [0.2, 0.25) is 11.8 Å². The number of methoxy groups -OCH3 is 1. The number of aromatic nitrogens is 2. The average Bonchev–Trinajstić information content (AvgIpc) is 2.95. The molecule has 132 valence electrons. The van der Waals surface area contributed by atoms with E-state index in [1.165, 1.54) is 11.8 Å². The molecule has 0 saturated carbocycles. The van der Waals surface area contributed by atoms with E-state index in [0.29, 0.717) is 24.8 Å². The number of aryl methyl sites for hydroxylation is 2. The Kier molecular flexibility index (Phi) is 4.60. The highest BCUT2D eigenvalue weighted by molar-refractivity contribution is 5.94. The number of amides is 3. The summed E-state index contributed by atoms with van der Waals surface area (Å²) in [6.07, 6.45) is 0. The first-order chi connectivity index (χ1) is 12.0. The van der Waals surface area contributed by atoms with Gasteiger partial charge < -0.3 is 15.0 Å². The second-order valence-electron chi connectivity index (χ2n) is 5.87. The van der Waals surface area contributed by atoms with E-state index in [9.17, 15) is 9.59 Å². The Balaban J connectivity index is 1.87. The van der Waals surface area contributed by atoms with Crippen LogP contribution in [0.4, 0.5) is 10.6 Å². The van der Waals surface area contributed by atoms with Gasteiger partial charge in [0, 0.05) is 26.2 Å². The zero-order valence-corrected chi connectivity index (χ0v) is 14.4. The number of carbonyl (C=O) groups is 2. The third kappa shape index (κ3) is 3.28. The zero-order chi connectivity index (χ0) is 18.0. The molecule has 3 amide bonds. The molecule has 8 nitrogen and oxygen atoms in total. The third-order valence-electron chi connectivity index (χ3n) is 4.26. The van der Waals surface area contributed by atoms with Gasteiger partial charge in [-0.25, -0.2) is 9.48 Å². The van der Waals surface area contributed by atoms with Crippen LogP contribution in [0.5, 0.6) is 5.88 Å². The Bertz CT molecular complexity index is 801. The van der Waals surface area contributed by atoms with Crippen LogP contribution in [-0.2, 0) is 11.8 Å². The molecule has 1 aliphatic heterocycles. The van der Waals surface area contributed by atoms with Crippen molar-refractivity contribution in [3.8, 4) is 5.88 Å². The summed E-state index contributed by atoms with van der Waals surface area (Å²) in [7, 11) is 3.22. The van der Waals surface area contributed by atoms with E-state index in [4.69, 9.17) is 4.74 Å². The van der Waals surface area contributed by atoms with Crippen LogP contribution in [-0.4, -0.2) is 46.8 Å². The molecule has 1 fully saturated rings. The van der Waals surface area contributed by atoms with Crippen LogP contribution in [0.3, 0.4) is 0 Å². The molecule has 2 heterocycles. The predicted octanol–water partition coefficient (Wildman–Crippen LogP) is 1.44. The molecule has 0 bridgehead atoms. The fourth-order valence-corrected chi connectivity index (χ4v) is 2.93. The Hall–Kier alpha value is -3.03. The van der Waals surface area contributed by atoms with Gasteiger partial charge in [0.1, 0.15) is 11.9 Å². The monoisotopic (exact) mass is 343 g/mol. The van der Waals surface area contributed by atoms with Crippen molar-refractivity contribution in [1.82, 2.24) is 20.0 Å². The van der Waals surface area contributed by atoms with E-state index in [2.05, 4.69) is 15.7 Å². The van der Waals surface area contributed by atoms with Gasteiger partial charge in [0.05, 0.1) is 7.11 Å². The van der Waals surface area contributed by atoms with E-state index in [1.807, 2.05) is 31.2 Å². The van der Waals surface area contributed by atoms with Gasteiger partial charge >= 0.3 is 6.03 Å². The van der Waals surface area contributed by atoms with Gasteiger partial charge in [-0.1, -0.05) is 24.3 Å². The molecule has 0 aliphatic carbocycles. The first-order valence-electron chi connectivity index (χ1n) is 8.00. The molecule has 3 rings (SSSR count). The summed E-state index contributed by atoms with van der Waals surface area (Å²) in [5, 5.41) is 9.75. The minimum atomic E-state index is -0.662. The number of carbonyl (C=O) groups excluding carboxylic acids is 2. The molecular weight excluding hydrogens is 322 g/mol. The van der Waals surface area contributed by atoms with Crippen LogP contribution in [0.1, 0.15) is 17.2 Å². The van der Waals surface area contributed by atoms with Crippen LogP contribution in [0, 0.1) is 6.92 Å². The molecule has 1 aromatic carbocycles. The van der Waals surface area contributed by atoms with Crippen LogP contribution in [0.15, 0.2) is 30.3 Å². The third-order valence-corrected chi connectivity index (χ3v) is 4.26. The molecule has 2 N–H and O–H groups in total. The van der Waals surface area contributed by atoms with Gasteiger partial charge in [-0.3, -0.25) is 10.1 Å². The molecule has 1 saturated heterocycles. The smallest absolute Gasteiger partial charge is 0.324 e. The lowest BCUT2D eigenvalue weighted by Gasteiger charge is -2.35. The van der Waals surface area contributed by atoms with E-state index in [0.717, 1.165) is 11.1 Å². The fourth-order valence-electron chi connectivity index (χ4n) is 2.93. The van der Waals surface area contributed by atoms with Crippen molar-refractivity contribution < 1.29 is 14.3 Å². The van der Waals surface area contributed by atoms with Crippen molar-refractivity contribution >= 4 is 17.8 Å². The summed E-state index contributed by atoms with van der Waals surface area (Å²) < 4.78 is 6.58. The highest BCUT2D eigenvalue weighted by Gasteiger charge is 2.35. The first-order valence-corrected chi connectivity index (χ1v) is 8.00. The highest BCUT2D eigenvalue weighted by atomic mass is 16.5. The summed E-state index contributed by atoms with van der Waals surface area (Å²) >= 11 is 0. The van der Waals surface area contributed by atoms with Crippen LogP contribution in [0.25, 0.3) is 0 Å². The largest absolute Gasteiger partial charge is 0.480 e.